The van der Waals surface area contributed by atoms with Gasteiger partial charge in [-0.15, -0.1) is 0 Å². The summed E-state index contributed by atoms with van der Waals surface area (Å²) in [7, 11) is 1.28. The highest BCUT2D eigenvalue weighted by Gasteiger charge is 2.24. The van der Waals surface area contributed by atoms with Crippen molar-refractivity contribution in [2.24, 2.45) is 0 Å². The van der Waals surface area contributed by atoms with Gasteiger partial charge in [-0.25, -0.2) is 0 Å². The number of aliphatic hydroxyl groups is 1. The zero-order valence-corrected chi connectivity index (χ0v) is 36.0. The predicted octanol–water partition coefficient (Wildman–Crippen LogP) is 11.0. The van der Waals surface area contributed by atoms with Crippen molar-refractivity contribution in [3.8, 4) is 0 Å². The lowest BCUT2D eigenvalue weighted by Crippen LogP contribution is -2.46. The third kappa shape index (κ3) is 38.2. The number of likely N-dealkylation sites (N-methyl/N-ethyl adjacent to an activating group) is 1. The van der Waals surface area contributed by atoms with Gasteiger partial charge in [0.05, 0.1) is 39.9 Å². The van der Waals surface area contributed by atoms with Crippen LogP contribution in [0.25, 0.3) is 0 Å². The molecular formula is C45H81N2O6P. The number of nitrogens with one attached hydrogen (secondary N) is 1. The average molecular weight is 777 g/mol. The number of phosphoric acid groups is 1. The van der Waals surface area contributed by atoms with Crippen LogP contribution in [-0.2, 0) is 18.4 Å². The van der Waals surface area contributed by atoms with Gasteiger partial charge < -0.3 is 28.8 Å². The molecule has 0 aliphatic heterocycles. The SMILES string of the molecule is CC/C=C\C/C=C\C/C=C\C/C=C\C/C=C\C/C=C\CCCCCCCCCCC(=O)NC(COP(=O)([O-])OCC[N+](C)(C)C)C(O)CCCCCCC. The average Bonchev–Trinajstić information content (AvgIpc) is 3.12. The highest BCUT2D eigenvalue weighted by molar-refractivity contribution is 7.45. The Morgan fingerprint density at radius 3 is 1.65 bits per heavy atom. The highest BCUT2D eigenvalue weighted by Crippen LogP contribution is 2.38. The van der Waals surface area contributed by atoms with E-state index in [0.29, 0.717) is 23.9 Å². The van der Waals surface area contributed by atoms with Crippen molar-refractivity contribution >= 4 is 13.7 Å². The molecule has 3 atom stereocenters. The van der Waals surface area contributed by atoms with Crippen molar-refractivity contribution < 1.29 is 32.9 Å². The number of hydrogen-bond acceptors (Lipinski definition) is 6. The first-order valence-electron chi connectivity index (χ1n) is 21.3. The number of amides is 1. The number of aliphatic hydroxyl groups excluding tert-OH is 1. The minimum Gasteiger partial charge on any atom is -0.756 e. The van der Waals surface area contributed by atoms with Gasteiger partial charge in [0, 0.05) is 6.42 Å². The van der Waals surface area contributed by atoms with Crippen LogP contribution in [0.2, 0.25) is 0 Å². The number of nitrogens with zero attached hydrogens (tertiary/aromatic N) is 1. The van der Waals surface area contributed by atoms with E-state index in [-0.39, 0.29) is 19.1 Å². The minimum absolute atomic E-state index is 0.00556. The zero-order valence-electron chi connectivity index (χ0n) is 35.1. The molecule has 0 aliphatic carbocycles. The fraction of sp³-hybridized carbons (Fsp3) is 0.711. The Morgan fingerprint density at radius 1 is 0.667 bits per heavy atom. The molecular weight excluding hydrogens is 695 g/mol. The molecule has 0 aromatic carbocycles. The maximum Gasteiger partial charge on any atom is 0.268 e. The van der Waals surface area contributed by atoms with Crippen LogP contribution in [-0.4, -0.2) is 68.5 Å². The number of quaternary nitrogens is 1. The molecule has 0 spiro atoms. The summed E-state index contributed by atoms with van der Waals surface area (Å²) in [6, 6.07) is -0.805. The molecule has 0 saturated heterocycles. The summed E-state index contributed by atoms with van der Waals surface area (Å²) in [6.45, 7) is 4.47. The number of rotatable bonds is 37. The van der Waals surface area contributed by atoms with E-state index in [2.05, 4.69) is 92.1 Å². The van der Waals surface area contributed by atoms with Crippen molar-refractivity contribution in [1.29, 1.82) is 0 Å². The van der Waals surface area contributed by atoms with Gasteiger partial charge in [0.1, 0.15) is 13.2 Å². The summed E-state index contributed by atoms with van der Waals surface area (Å²) in [5, 5.41) is 13.7. The molecule has 1 amide bonds. The summed E-state index contributed by atoms with van der Waals surface area (Å²) in [6.07, 6.45) is 48.1. The lowest BCUT2D eigenvalue weighted by molar-refractivity contribution is -0.870. The topological polar surface area (TPSA) is 108 Å². The van der Waals surface area contributed by atoms with Crippen molar-refractivity contribution in [2.75, 3.05) is 40.9 Å². The highest BCUT2D eigenvalue weighted by atomic mass is 31.2. The smallest absolute Gasteiger partial charge is 0.268 e. The predicted molar refractivity (Wildman–Crippen MR) is 228 cm³/mol. The van der Waals surface area contributed by atoms with Crippen LogP contribution in [0.3, 0.4) is 0 Å². The molecule has 0 fully saturated rings. The summed E-state index contributed by atoms with van der Waals surface area (Å²) >= 11 is 0. The Morgan fingerprint density at radius 2 is 1.13 bits per heavy atom. The van der Waals surface area contributed by atoms with Gasteiger partial charge in [0.15, 0.2) is 0 Å². The summed E-state index contributed by atoms with van der Waals surface area (Å²) in [5.74, 6) is -0.185. The number of carbonyl (C=O) groups is 1. The Kier molecular flexibility index (Phi) is 35.2. The van der Waals surface area contributed by atoms with Gasteiger partial charge in [0.25, 0.3) is 7.82 Å². The summed E-state index contributed by atoms with van der Waals surface area (Å²) in [5.41, 5.74) is 0. The molecule has 0 aliphatic rings. The Bertz CT molecular complexity index is 1110. The second kappa shape index (κ2) is 36.6. The third-order valence-corrected chi connectivity index (χ3v) is 9.92. The zero-order chi connectivity index (χ0) is 40.0. The van der Waals surface area contributed by atoms with Crippen molar-refractivity contribution in [1.82, 2.24) is 5.32 Å². The summed E-state index contributed by atoms with van der Waals surface area (Å²) < 4.78 is 23.0. The standard InChI is InChI=1S/C45H81N2O6P/c1-6-8-10-12-13-14-15-16-17-18-19-20-21-22-23-24-25-26-27-28-29-30-31-32-33-35-37-39-45(49)46-43(44(48)38-36-34-11-9-7-2)42-53-54(50,51)52-41-40-47(3,4)5/h8,10,13-14,16-17,19-20,22-23,25-26,43-44,48H,6-7,9,11-12,15,18,21,24,27-42H2,1-5H3,(H-,46,49,50,51)/b10-8-,14-13-,17-16-,20-19-,23-22-,26-25-. The van der Waals surface area contributed by atoms with Gasteiger partial charge in [-0.1, -0.05) is 157 Å². The molecule has 2 N–H and O–H groups in total. The van der Waals surface area contributed by atoms with E-state index in [1.807, 2.05) is 21.1 Å². The molecule has 9 heteroatoms. The lowest BCUT2D eigenvalue weighted by Gasteiger charge is -2.30. The number of phosphoric ester groups is 1. The third-order valence-electron chi connectivity index (χ3n) is 8.96. The molecule has 3 unspecified atom stereocenters. The van der Waals surface area contributed by atoms with E-state index in [1.54, 1.807) is 0 Å². The van der Waals surface area contributed by atoms with Gasteiger partial charge in [0.2, 0.25) is 5.91 Å². The Labute approximate surface area is 332 Å². The van der Waals surface area contributed by atoms with E-state index in [4.69, 9.17) is 9.05 Å². The number of unbranched alkanes of at least 4 members (excludes halogenated alkanes) is 12. The maximum absolute atomic E-state index is 12.7. The maximum atomic E-state index is 12.7. The first-order chi connectivity index (χ1) is 26.0. The van der Waals surface area contributed by atoms with E-state index in [1.165, 1.54) is 32.1 Å². The Balaban J connectivity index is 4.09. The first-order valence-corrected chi connectivity index (χ1v) is 22.7. The van der Waals surface area contributed by atoms with Gasteiger partial charge in [-0.05, 0) is 64.2 Å². The molecule has 0 rings (SSSR count). The molecule has 0 bridgehead atoms. The van der Waals surface area contributed by atoms with E-state index >= 15 is 0 Å². The van der Waals surface area contributed by atoms with Crippen LogP contribution in [0, 0.1) is 0 Å². The van der Waals surface area contributed by atoms with Gasteiger partial charge >= 0.3 is 0 Å². The summed E-state index contributed by atoms with van der Waals surface area (Å²) in [4.78, 5) is 25.1. The lowest BCUT2D eigenvalue weighted by atomic mass is 10.0. The van der Waals surface area contributed by atoms with Crippen molar-refractivity contribution in [2.45, 2.75) is 167 Å². The molecule has 8 nitrogen and oxygen atoms in total. The van der Waals surface area contributed by atoms with E-state index in [9.17, 15) is 19.4 Å². The van der Waals surface area contributed by atoms with Gasteiger partial charge in [-0.2, -0.15) is 0 Å². The molecule has 0 saturated carbocycles. The van der Waals surface area contributed by atoms with E-state index in [0.717, 1.165) is 96.3 Å². The van der Waals surface area contributed by atoms with Crippen LogP contribution >= 0.6 is 7.82 Å². The fourth-order valence-electron chi connectivity index (χ4n) is 5.57. The van der Waals surface area contributed by atoms with Gasteiger partial charge in [-0.3, -0.25) is 9.36 Å². The number of allylic oxidation sites excluding steroid dienone is 12. The molecule has 54 heavy (non-hydrogen) atoms. The van der Waals surface area contributed by atoms with Crippen LogP contribution < -0.4 is 10.2 Å². The quantitative estimate of drug-likeness (QED) is 0.0281. The van der Waals surface area contributed by atoms with Crippen LogP contribution in [0.15, 0.2) is 72.9 Å². The number of hydrogen-bond donors (Lipinski definition) is 2. The number of carbonyl (C=O) groups excluding carboxylic acids is 1. The first kappa shape index (κ1) is 51.9. The monoisotopic (exact) mass is 777 g/mol. The van der Waals surface area contributed by atoms with E-state index < -0.39 is 20.0 Å². The molecule has 0 aromatic heterocycles. The van der Waals surface area contributed by atoms with Crippen LogP contribution in [0.4, 0.5) is 0 Å². The van der Waals surface area contributed by atoms with Crippen molar-refractivity contribution in [3.63, 3.8) is 0 Å². The molecule has 0 heterocycles. The normalized spacial score (nSPS) is 15.2. The van der Waals surface area contributed by atoms with Crippen LogP contribution in [0.5, 0.6) is 0 Å². The molecule has 312 valence electrons. The Hall–Kier alpha value is -2.06. The minimum atomic E-state index is -4.55. The molecule has 0 aromatic rings. The van der Waals surface area contributed by atoms with Crippen LogP contribution in [0.1, 0.15) is 155 Å². The fourth-order valence-corrected chi connectivity index (χ4v) is 6.29. The largest absolute Gasteiger partial charge is 0.756 e. The van der Waals surface area contributed by atoms with Crippen molar-refractivity contribution in [3.05, 3.63) is 72.9 Å². The molecule has 0 radical (unpaired) electrons. The second-order valence-electron chi connectivity index (χ2n) is 15.3. The second-order valence-corrected chi connectivity index (χ2v) is 16.7.